The van der Waals surface area contributed by atoms with Crippen LogP contribution >= 0.6 is 11.6 Å². The summed E-state index contributed by atoms with van der Waals surface area (Å²) >= 11 is 6.08. The first kappa shape index (κ1) is 18.3. The van der Waals surface area contributed by atoms with Crippen LogP contribution in [0.3, 0.4) is 0 Å². The Hall–Kier alpha value is -1.75. The number of aliphatic carboxylic acids is 1. The molecular weight excluding hydrogens is 306 g/mol. The first-order valence-electron chi connectivity index (χ1n) is 6.92. The zero-order chi connectivity index (χ0) is 17.1. The van der Waals surface area contributed by atoms with E-state index in [1.165, 1.54) is 0 Å². The molecule has 0 radical (unpaired) electrons. The van der Waals surface area contributed by atoms with Crippen LogP contribution in [-0.2, 0) is 14.9 Å². The van der Waals surface area contributed by atoms with Crippen LogP contribution in [0.5, 0.6) is 0 Å². The number of carboxylic acid groups (broad SMARTS) is 1. The molecule has 0 aliphatic carbocycles. The Kier molecular flexibility index (Phi) is 5.46. The number of carbonyl (C=O) groups is 2. The highest BCUT2D eigenvalue weighted by atomic mass is 35.5. The van der Waals surface area contributed by atoms with Crippen molar-refractivity contribution >= 4 is 29.4 Å². The van der Waals surface area contributed by atoms with E-state index in [0.717, 1.165) is 5.56 Å². The standard InChI is InChI=1S/C16H22ClNO4/c1-15(2,3)22-14(21)18-12-8-10(6-7-11(12)17)16(4,5)9-13(19)20/h6-8H,9H2,1-5H3,(H,18,21)(H,19,20). The molecule has 0 atom stereocenters. The Bertz CT molecular complexity index is 576. The predicted molar refractivity (Wildman–Crippen MR) is 86.6 cm³/mol. The number of rotatable bonds is 4. The largest absolute Gasteiger partial charge is 0.481 e. The first-order chi connectivity index (χ1) is 9.90. The zero-order valence-electron chi connectivity index (χ0n) is 13.5. The molecule has 0 fully saturated rings. The molecule has 0 saturated heterocycles. The van der Waals surface area contributed by atoms with Crippen LogP contribution in [0, 0.1) is 0 Å². The Balaban J connectivity index is 3.00. The molecule has 1 rings (SSSR count). The van der Waals surface area contributed by atoms with Crippen LogP contribution in [0.15, 0.2) is 18.2 Å². The molecule has 0 aliphatic heterocycles. The van der Waals surface area contributed by atoms with Gasteiger partial charge in [0, 0.05) is 5.41 Å². The lowest BCUT2D eigenvalue weighted by molar-refractivity contribution is -0.138. The van der Waals surface area contributed by atoms with E-state index in [1.54, 1.807) is 39.0 Å². The molecule has 0 spiro atoms. The van der Waals surface area contributed by atoms with Crippen molar-refractivity contribution in [1.29, 1.82) is 0 Å². The maximum absolute atomic E-state index is 11.8. The Labute approximate surface area is 135 Å². The Morgan fingerprint density at radius 2 is 1.82 bits per heavy atom. The summed E-state index contributed by atoms with van der Waals surface area (Å²) in [7, 11) is 0. The van der Waals surface area contributed by atoms with E-state index in [4.69, 9.17) is 21.4 Å². The maximum Gasteiger partial charge on any atom is 0.412 e. The van der Waals surface area contributed by atoms with Gasteiger partial charge in [0.05, 0.1) is 17.1 Å². The van der Waals surface area contributed by atoms with Gasteiger partial charge in [-0.05, 0) is 38.5 Å². The van der Waals surface area contributed by atoms with E-state index in [1.807, 2.05) is 13.8 Å². The lowest BCUT2D eigenvalue weighted by atomic mass is 9.81. The van der Waals surface area contributed by atoms with Crippen molar-refractivity contribution in [2.75, 3.05) is 5.32 Å². The van der Waals surface area contributed by atoms with Crippen LogP contribution in [0.2, 0.25) is 5.02 Å². The van der Waals surface area contributed by atoms with Gasteiger partial charge in [-0.1, -0.05) is 31.5 Å². The molecule has 0 bridgehead atoms. The summed E-state index contributed by atoms with van der Waals surface area (Å²) in [4.78, 5) is 22.8. The summed E-state index contributed by atoms with van der Waals surface area (Å²) in [6, 6.07) is 5.06. The van der Waals surface area contributed by atoms with Gasteiger partial charge in [-0.3, -0.25) is 10.1 Å². The molecule has 1 aromatic carbocycles. The van der Waals surface area contributed by atoms with Gasteiger partial charge in [0.25, 0.3) is 0 Å². The summed E-state index contributed by atoms with van der Waals surface area (Å²) in [5, 5.41) is 11.9. The highest BCUT2D eigenvalue weighted by molar-refractivity contribution is 6.33. The maximum atomic E-state index is 11.8. The average molecular weight is 328 g/mol. The smallest absolute Gasteiger partial charge is 0.412 e. The molecule has 122 valence electrons. The second-order valence-corrected chi connectivity index (χ2v) is 7.18. The molecule has 1 aromatic rings. The number of carbonyl (C=O) groups excluding carboxylic acids is 1. The molecule has 0 saturated carbocycles. The minimum Gasteiger partial charge on any atom is -0.481 e. The number of nitrogens with one attached hydrogen (secondary N) is 1. The highest BCUT2D eigenvalue weighted by Crippen LogP contribution is 2.32. The fraction of sp³-hybridized carbons (Fsp3) is 0.500. The topological polar surface area (TPSA) is 75.6 Å². The highest BCUT2D eigenvalue weighted by Gasteiger charge is 2.25. The summed E-state index contributed by atoms with van der Waals surface area (Å²) in [5.41, 5.74) is -0.0328. The molecule has 22 heavy (non-hydrogen) atoms. The van der Waals surface area contributed by atoms with E-state index in [-0.39, 0.29) is 6.42 Å². The number of halogens is 1. The third-order valence-electron chi connectivity index (χ3n) is 2.98. The Morgan fingerprint density at radius 3 is 2.32 bits per heavy atom. The van der Waals surface area contributed by atoms with Crippen LogP contribution < -0.4 is 5.32 Å². The van der Waals surface area contributed by atoms with Crippen LogP contribution in [0.1, 0.15) is 46.6 Å². The second kappa shape index (κ2) is 6.57. The number of carboxylic acids is 1. The molecule has 0 aromatic heterocycles. The molecule has 5 nitrogen and oxygen atoms in total. The monoisotopic (exact) mass is 327 g/mol. The van der Waals surface area contributed by atoms with Crippen molar-refractivity contribution in [2.45, 2.75) is 52.1 Å². The van der Waals surface area contributed by atoms with E-state index in [9.17, 15) is 9.59 Å². The minimum absolute atomic E-state index is 0.0273. The molecule has 6 heteroatoms. The van der Waals surface area contributed by atoms with E-state index in [2.05, 4.69) is 5.32 Å². The third-order valence-corrected chi connectivity index (χ3v) is 3.31. The number of anilines is 1. The van der Waals surface area contributed by atoms with Gasteiger partial charge in [0.15, 0.2) is 0 Å². The fourth-order valence-corrected chi connectivity index (χ4v) is 2.10. The van der Waals surface area contributed by atoms with Crippen LogP contribution in [0.25, 0.3) is 0 Å². The van der Waals surface area contributed by atoms with Crippen molar-refractivity contribution in [3.05, 3.63) is 28.8 Å². The van der Waals surface area contributed by atoms with Crippen molar-refractivity contribution in [1.82, 2.24) is 0 Å². The number of ether oxygens (including phenoxy) is 1. The third kappa shape index (κ3) is 5.56. The molecule has 0 heterocycles. The fourth-order valence-electron chi connectivity index (χ4n) is 1.94. The van der Waals surface area contributed by atoms with E-state index in [0.29, 0.717) is 10.7 Å². The van der Waals surface area contributed by atoms with Crippen molar-refractivity contribution in [3.63, 3.8) is 0 Å². The lowest BCUT2D eigenvalue weighted by Crippen LogP contribution is -2.27. The van der Waals surface area contributed by atoms with Crippen molar-refractivity contribution in [3.8, 4) is 0 Å². The molecule has 2 N–H and O–H groups in total. The van der Waals surface area contributed by atoms with Crippen molar-refractivity contribution < 1.29 is 19.4 Å². The summed E-state index contributed by atoms with van der Waals surface area (Å²) in [5.74, 6) is -0.887. The summed E-state index contributed by atoms with van der Waals surface area (Å²) in [6.07, 6.45) is -0.636. The molecule has 0 aliphatic rings. The molecular formula is C16H22ClNO4. The van der Waals surface area contributed by atoms with Gasteiger partial charge in [-0.2, -0.15) is 0 Å². The molecule has 0 unspecified atom stereocenters. The average Bonchev–Trinajstić information content (AvgIpc) is 2.27. The van der Waals surface area contributed by atoms with Crippen LogP contribution in [-0.4, -0.2) is 22.8 Å². The number of amides is 1. The Morgan fingerprint density at radius 1 is 1.23 bits per heavy atom. The minimum atomic E-state index is -0.887. The summed E-state index contributed by atoms with van der Waals surface area (Å²) < 4.78 is 5.18. The number of hydrogen-bond acceptors (Lipinski definition) is 3. The van der Waals surface area contributed by atoms with Gasteiger partial charge < -0.3 is 9.84 Å². The predicted octanol–water partition coefficient (Wildman–Crippen LogP) is 4.44. The number of hydrogen-bond donors (Lipinski definition) is 2. The first-order valence-corrected chi connectivity index (χ1v) is 7.30. The quantitative estimate of drug-likeness (QED) is 0.857. The lowest BCUT2D eigenvalue weighted by Gasteiger charge is -2.24. The SMILES string of the molecule is CC(C)(C)OC(=O)Nc1cc(C(C)(C)CC(=O)O)ccc1Cl. The summed E-state index contributed by atoms with van der Waals surface area (Å²) in [6.45, 7) is 8.94. The van der Waals surface area contributed by atoms with Gasteiger partial charge in [0.2, 0.25) is 0 Å². The normalized spacial score (nSPS) is 11.9. The van der Waals surface area contributed by atoms with E-state index < -0.39 is 23.1 Å². The van der Waals surface area contributed by atoms with Crippen molar-refractivity contribution in [2.24, 2.45) is 0 Å². The van der Waals surface area contributed by atoms with Gasteiger partial charge in [-0.25, -0.2) is 4.79 Å². The van der Waals surface area contributed by atoms with Gasteiger partial charge in [0.1, 0.15) is 5.60 Å². The zero-order valence-corrected chi connectivity index (χ0v) is 14.2. The van der Waals surface area contributed by atoms with Gasteiger partial charge >= 0.3 is 12.1 Å². The van der Waals surface area contributed by atoms with E-state index >= 15 is 0 Å². The molecule has 1 amide bonds. The van der Waals surface area contributed by atoms with Gasteiger partial charge in [-0.15, -0.1) is 0 Å². The van der Waals surface area contributed by atoms with Crippen LogP contribution in [0.4, 0.5) is 10.5 Å². The second-order valence-electron chi connectivity index (χ2n) is 6.78. The number of benzene rings is 1.